The van der Waals surface area contributed by atoms with Gasteiger partial charge in [0.2, 0.25) is 23.4 Å². The van der Waals surface area contributed by atoms with E-state index in [1.807, 2.05) is 0 Å². The molecule has 0 aromatic rings. The number of Topliss-reactive ketones (excluding diaryl/α,β-unsaturated/α-hetero) is 2. The first-order chi connectivity index (χ1) is 25.0. The number of rotatable bonds is 14. The fourth-order valence-electron chi connectivity index (χ4n) is 7.65. The van der Waals surface area contributed by atoms with E-state index < -0.39 is 90.4 Å². The van der Waals surface area contributed by atoms with Crippen molar-refractivity contribution in [3.63, 3.8) is 0 Å². The number of primary amides is 1. The summed E-state index contributed by atoms with van der Waals surface area (Å²) in [6.45, 7) is 5.81. The van der Waals surface area contributed by atoms with Crippen molar-refractivity contribution in [1.29, 1.82) is 0 Å². The third-order valence-corrected chi connectivity index (χ3v) is 9.73. The van der Waals surface area contributed by atoms with Crippen LogP contribution in [0.4, 0.5) is 4.79 Å². The van der Waals surface area contributed by atoms with Crippen molar-refractivity contribution in [2.24, 2.45) is 11.7 Å². The number of methoxy groups -OCH3 is 1. The summed E-state index contributed by atoms with van der Waals surface area (Å²) in [6, 6.07) is -1.40. The highest BCUT2D eigenvalue weighted by molar-refractivity contribution is 6.25. The van der Waals surface area contributed by atoms with Crippen molar-refractivity contribution in [1.82, 2.24) is 26.2 Å². The van der Waals surface area contributed by atoms with E-state index in [9.17, 15) is 38.4 Å². The van der Waals surface area contributed by atoms with Crippen LogP contribution in [0.5, 0.6) is 0 Å². The third kappa shape index (κ3) is 7.70. The Morgan fingerprint density at radius 2 is 1.62 bits per heavy atom. The van der Waals surface area contributed by atoms with E-state index in [2.05, 4.69) is 21.3 Å². The third-order valence-electron chi connectivity index (χ3n) is 9.73. The lowest BCUT2D eigenvalue weighted by Gasteiger charge is -2.45. The average molecular weight is 749 g/mol. The first-order valence-corrected chi connectivity index (χ1v) is 17.0. The molecule has 53 heavy (non-hydrogen) atoms. The van der Waals surface area contributed by atoms with Crippen molar-refractivity contribution in [3.05, 3.63) is 22.5 Å². The number of esters is 3. The highest BCUT2D eigenvalue weighted by atomic mass is 16.6. The normalized spacial score (nSPS) is 31.2. The lowest BCUT2D eigenvalue weighted by molar-refractivity contribution is -0.228. The van der Waals surface area contributed by atoms with Crippen LogP contribution in [-0.2, 0) is 62.0 Å². The number of hydrogen-bond donors (Lipinski definition) is 5. The zero-order valence-electron chi connectivity index (χ0n) is 30.1. The predicted molar refractivity (Wildman–Crippen MR) is 175 cm³/mol. The second kappa shape index (κ2) is 15.5. The summed E-state index contributed by atoms with van der Waals surface area (Å²) in [4.78, 5) is 102. The van der Waals surface area contributed by atoms with E-state index in [1.165, 1.54) is 21.0 Å². The maximum atomic E-state index is 14.0. The minimum atomic E-state index is -1.35. The number of hydrogen-bond acceptors (Lipinski definition) is 17. The van der Waals surface area contributed by atoms with Gasteiger partial charge in [-0.3, -0.25) is 33.6 Å². The van der Waals surface area contributed by atoms with Gasteiger partial charge in [-0.1, -0.05) is 0 Å². The van der Waals surface area contributed by atoms with Gasteiger partial charge < -0.3 is 60.3 Å². The highest BCUT2D eigenvalue weighted by Gasteiger charge is 2.72. The quantitative estimate of drug-likeness (QED) is 0.0405. The van der Waals surface area contributed by atoms with Crippen molar-refractivity contribution in [3.8, 4) is 0 Å². The molecule has 0 bridgehead atoms. The molecule has 4 heterocycles. The molecule has 0 radical (unpaired) electrons. The standard InChI is InChI=1S/C33H44N6O14/c1-13-23(27(46)22-18(11-50-32(34)47)33(48-6)30-19(37-30)10-39(33)25(22)26(13)45)35-9-7-8-21(44)38-31-24(36-14(2)40)29(52-17(5)43)28(51-16(4)42)20(53-31)12-49-15(3)41/h18-20,24,28-31,35,37H,7-12H2,1-6H3,(H2,34,47)(H,36,40)(H,38,44). The second-order valence-corrected chi connectivity index (χ2v) is 13.3. The molecule has 0 saturated carbocycles. The lowest BCUT2D eigenvalue weighted by Crippen LogP contribution is -2.69. The van der Waals surface area contributed by atoms with Gasteiger partial charge in [-0.15, -0.1) is 0 Å². The average Bonchev–Trinajstić information content (AvgIpc) is 3.68. The molecule has 4 aliphatic heterocycles. The van der Waals surface area contributed by atoms with Gasteiger partial charge in [-0.2, -0.15) is 0 Å². The summed E-state index contributed by atoms with van der Waals surface area (Å²) in [5.41, 5.74) is 4.66. The molecule has 0 aromatic carbocycles. The summed E-state index contributed by atoms with van der Waals surface area (Å²) in [5, 5.41) is 11.5. The molecule has 0 aromatic heterocycles. The van der Waals surface area contributed by atoms with E-state index in [0.29, 0.717) is 6.54 Å². The number of nitrogens with two attached hydrogens (primary N) is 1. The van der Waals surface area contributed by atoms with Crippen molar-refractivity contribution >= 4 is 47.4 Å². The molecule has 290 valence electrons. The summed E-state index contributed by atoms with van der Waals surface area (Å²) >= 11 is 0. The summed E-state index contributed by atoms with van der Waals surface area (Å²) in [7, 11) is 1.47. The van der Waals surface area contributed by atoms with Crippen LogP contribution in [0.1, 0.15) is 47.5 Å². The zero-order chi connectivity index (χ0) is 38.9. The Morgan fingerprint density at radius 3 is 2.23 bits per heavy atom. The lowest BCUT2D eigenvalue weighted by atomic mass is 9.82. The van der Waals surface area contributed by atoms with E-state index >= 15 is 0 Å². The summed E-state index contributed by atoms with van der Waals surface area (Å²) in [5.74, 6) is -5.09. The number of carbonyl (C=O) groups is 8. The molecule has 9 atom stereocenters. The van der Waals surface area contributed by atoms with E-state index in [0.717, 1.165) is 20.8 Å². The van der Waals surface area contributed by atoms with Gasteiger partial charge >= 0.3 is 24.0 Å². The fraction of sp³-hybridized carbons (Fsp3) is 0.636. The van der Waals surface area contributed by atoms with Crippen LogP contribution < -0.4 is 27.0 Å². The minimum Gasteiger partial charge on any atom is -0.463 e. The SMILES string of the molecule is COC12C(COC(N)=O)C3=C(C(=O)C(C)=C(NCCCC(=O)NC4OC(COC(C)=O)C(OC(C)=O)C(OC(C)=O)C4NC(C)=O)C3=O)N1CC1NC12. The monoisotopic (exact) mass is 748 g/mol. The maximum absolute atomic E-state index is 14.0. The van der Waals surface area contributed by atoms with Crippen LogP contribution in [0.3, 0.4) is 0 Å². The van der Waals surface area contributed by atoms with Crippen LogP contribution in [-0.4, -0.2) is 134 Å². The fourth-order valence-corrected chi connectivity index (χ4v) is 7.65. The van der Waals surface area contributed by atoms with E-state index in [4.69, 9.17) is 34.2 Å². The number of allylic oxidation sites excluding steroid dienone is 2. The van der Waals surface area contributed by atoms with Crippen LogP contribution in [0.25, 0.3) is 0 Å². The van der Waals surface area contributed by atoms with Gasteiger partial charge in [0.05, 0.1) is 23.4 Å². The Kier molecular flexibility index (Phi) is 11.4. The summed E-state index contributed by atoms with van der Waals surface area (Å²) < 4.78 is 33.0. The van der Waals surface area contributed by atoms with Crippen LogP contribution in [0.15, 0.2) is 22.5 Å². The minimum absolute atomic E-state index is 0.0290. The molecule has 20 nitrogen and oxygen atoms in total. The first kappa shape index (κ1) is 39.1. The molecule has 3 amide bonds. The molecule has 6 N–H and O–H groups in total. The number of nitrogens with one attached hydrogen (secondary N) is 4. The Hall–Kier alpha value is -5.08. The van der Waals surface area contributed by atoms with Crippen molar-refractivity contribution in [2.45, 2.75) is 95.9 Å². The topological polar surface area (TPSA) is 279 Å². The van der Waals surface area contributed by atoms with Gasteiger partial charge in [0.1, 0.15) is 25.4 Å². The van der Waals surface area contributed by atoms with Crippen LogP contribution in [0, 0.1) is 5.92 Å². The number of ether oxygens (including phenoxy) is 6. The van der Waals surface area contributed by atoms with Gasteiger partial charge in [-0.05, 0) is 13.3 Å². The molecule has 1 aliphatic carbocycles. The van der Waals surface area contributed by atoms with E-state index in [1.54, 1.807) is 4.90 Å². The largest absolute Gasteiger partial charge is 0.463 e. The molecule has 5 rings (SSSR count). The number of amides is 3. The van der Waals surface area contributed by atoms with Gasteiger partial charge in [0.15, 0.2) is 24.2 Å². The molecule has 5 aliphatic rings. The first-order valence-electron chi connectivity index (χ1n) is 17.0. The van der Waals surface area contributed by atoms with Crippen molar-refractivity contribution in [2.75, 3.05) is 33.4 Å². The van der Waals surface area contributed by atoms with Crippen LogP contribution in [0.2, 0.25) is 0 Å². The number of piperazine rings is 1. The molecule has 3 fully saturated rings. The number of fused-ring (bicyclic) bond motifs is 4. The van der Waals surface area contributed by atoms with Crippen LogP contribution >= 0.6 is 0 Å². The zero-order valence-corrected chi connectivity index (χ0v) is 30.1. The number of carbonyl (C=O) groups excluding carboxylic acids is 8. The van der Waals surface area contributed by atoms with Gasteiger partial charge in [0, 0.05) is 71.5 Å². The molecular formula is C33H44N6O14. The number of ketones is 2. The summed E-state index contributed by atoms with van der Waals surface area (Å²) in [6.07, 6.45) is -6.28. The highest BCUT2D eigenvalue weighted by Crippen LogP contribution is 2.55. The Balaban J connectivity index is 1.27. The Morgan fingerprint density at radius 1 is 0.943 bits per heavy atom. The van der Waals surface area contributed by atoms with Crippen molar-refractivity contribution < 1.29 is 66.8 Å². The molecule has 9 unspecified atom stereocenters. The van der Waals surface area contributed by atoms with Gasteiger partial charge in [0.25, 0.3) is 0 Å². The Labute approximate surface area is 303 Å². The molecule has 0 spiro atoms. The van der Waals surface area contributed by atoms with Gasteiger partial charge in [-0.25, -0.2) is 4.79 Å². The molecule has 3 saturated heterocycles. The molecular weight excluding hydrogens is 704 g/mol. The smallest absolute Gasteiger partial charge is 0.404 e. The second-order valence-electron chi connectivity index (χ2n) is 13.3. The molecule has 20 heteroatoms. The number of nitrogens with zero attached hydrogens (tertiary/aromatic N) is 1. The van der Waals surface area contributed by atoms with E-state index in [-0.39, 0.29) is 66.4 Å². The Bertz CT molecular complexity index is 1660. The maximum Gasteiger partial charge on any atom is 0.404 e. The predicted octanol–water partition coefficient (Wildman–Crippen LogP) is -2.47.